The monoisotopic (exact) mass is 377 g/mol. The largest absolute Gasteiger partial charge is 0.480 e. The number of ether oxygens (including phenoxy) is 1. The first kappa shape index (κ1) is 22.2. The predicted octanol–water partition coefficient (Wildman–Crippen LogP) is 0.915. The molecule has 2 rings (SSSR count). The van der Waals surface area contributed by atoms with E-state index in [2.05, 4.69) is 4.90 Å². The van der Waals surface area contributed by atoms with Gasteiger partial charge in [0.25, 0.3) is 0 Å². The maximum Gasteiger partial charge on any atom is 0.317 e. The zero-order valence-corrected chi connectivity index (χ0v) is 16.3. The summed E-state index contributed by atoms with van der Waals surface area (Å²) in [5.41, 5.74) is 0. The smallest absolute Gasteiger partial charge is 0.317 e. The molecular weight excluding hydrogens is 346 g/mol. The van der Waals surface area contributed by atoms with Crippen molar-refractivity contribution in [3.63, 3.8) is 0 Å². The summed E-state index contributed by atoms with van der Waals surface area (Å²) in [6.07, 6.45) is 3.08. The predicted molar refractivity (Wildman–Crippen MR) is 98.2 cm³/mol. The van der Waals surface area contributed by atoms with Crippen molar-refractivity contribution in [3.05, 3.63) is 0 Å². The standard InChI is InChI=1S/C17H31N3O4.ClH/c1-13-9-20(10-14(2)24-13)16(21)11-19-7-4-5-15(6-8-19)18(3)12-17(22)23;/h13-15H,4-12H2,1-3H3,(H,22,23);1H. The maximum absolute atomic E-state index is 12.6. The first-order valence-electron chi connectivity index (χ1n) is 8.92. The van der Waals surface area contributed by atoms with E-state index in [1.807, 2.05) is 30.7 Å². The Kier molecular flexibility index (Phi) is 9.13. The molecule has 1 amide bonds. The van der Waals surface area contributed by atoms with Crippen LogP contribution in [0.4, 0.5) is 0 Å². The number of morpholine rings is 1. The lowest BCUT2D eigenvalue weighted by Gasteiger charge is -2.36. The number of carboxylic acid groups (broad SMARTS) is 1. The van der Waals surface area contributed by atoms with Crippen LogP contribution in [0.1, 0.15) is 33.1 Å². The molecule has 7 nitrogen and oxygen atoms in total. The van der Waals surface area contributed by atoms with Gasteiger partial charge in [-0.2, -0.15) is 0 Å². The molecule has 0 aromatic heterocycles. The molecule has 2 aliphatic rings. The van der Waals surface area contributed by atoms with Crippen molar-refractivity contribution in [2.45, 2.75) is 51.4 Å². The van der Waals surface area contributed by atoms with Gasteiger partial charge in [-0.1, -0.05) is 0 Å². The average Bonchev–Trinajstić information content (AvgIpc) is 2.71. The molecular formula is C17H32ClN3O4. The molecule has 0 bridgehead atoms. The molecule has 2 fully saturated rings. The second kappa shape index (κ2) is 10.3. The molecule has 3 unspecified atom stereocenters. The summed E-state index contributed by atoms with van der Waals surface area (Å²) >= 11 is 0. The molecule has 1 N–H and O–H groups in total. The van der Waals surface area contributed by atoms with Gasteiger partial charge in [0.1, 0.15) is 0 Å². The summed E-state index contributed by atoms with van der Waals surface area (Å²) in [5, 5.41) is 8.93. The minimum Gasteiger partial charge on any atom is -0.480 e. The Bertz CT molecular complexity index is 442. The van der Waals surface area contributed by atoms with Crippen LogP contribution in [-0.4, -0.2) is 96.2 Å². The Hall–Kier alpha value is -0.890. The normalized spacial score (nSPS) is 28.3. The molecule has 0 aliphatic carbocycles. The van der Waals surface area contributed by atoms with Crippen molar-refractivity contribution in [1.29, 1.82) is 0 Å². The first-order chi connectivity index (χ1) is 11.3. The number of carbonyl (C=O) groups is 2. The van der Waals surface area contributed by atoms with E-state index < -0.39 is 5.97 Å². The van der Waals surface area contributed by atoms with Crippen molar-refractivity contribution >= 4 is 24.3 Å². The SMILES string of the molecule is CC1CN(C(=O)CN2CCCC(N(C)CC(=O)O)CC2)CC(C)O1.Cl. The number of carbonyl (C=O) groups excluding carboxylic acids is 1. The van der Waals surface area contributed by atoms with Crippen LogP contribution in [0, 0.1) is 0 Å². The third-order valence-corrected chi connectivity index (χ3v) is 4.93. The number of halogens is 1. The molecule has 0 aromatic carbocycles. The van der Waals surface area contributed by atoms with Crippen LogP contribution >= 0.6 is 12.4 Å². The second-order valence-corrected chi connectivity index (χ2v) is 7.23. The Morgan fingerprint density at radius 3 is 2.40 bits per heavy atom. The third kappa shape index (κ3) is 7.09. The van der Waals surface area contributed by atoms with Crippen molar-refractivity contribution in [1.82, 2.24) is 14.7 Å². The van der Waals surface area contributed by atoms with Crippen LogP contribution < -0.4 is 0 Å². The van der Waals surface area contributed by atoms with E-state index in [4.69, 9.17) is 9.84 Å². The van der Waals surface area contributed by atoms with Gasteiger partial charge in [0.05, 0.1) is 25.3 Å². The molecule has 0 spiro atoms. The van der Waals surface area contributed by atoms with Gasteiger partial charge in [0, 0.05) is 25.7 Å². The fourth-order valence-corrected chi connectivity index (χ4v) is 3.75. The van der Waals surface area contributed by atoms with Crippen LogP contribution in [-0.2, 0) is 14.3 Å². The number of likely N-dealkylation sites (tertiary alicyclic amines) is 1. The summed E-state index contributed by atoms with van der Waals surface area (Å²) < 4.78 is 5.69. The lowest BCUT2D eigenvalue weighted by Crippen LogP contribution is -2.51. The lowest BCUT2D eigenvalue weighted by atomic mass is 10.1. The highest BCUT2D eigenvalue weighted by Gasteiger charge is 2.28. The van der Waals surface area contributed by atoms with Gasteiger partial charge in [-0.05, 0) is 46.7 Å². The molecule has 2 heterocycles. The van der Waals surface area contributed by atoms with Gasteiger partial charge in [-0.3, -0.25) is 19.4 Å². The topological polar surface area (TPSA) is 73.3 Å². The van der Waals surface area contributed by atoms with Crippen molar-refractivity contribution in [2.24, 2.45) is 0 Å². The lowest BCUT2D eigenvalue weighted by molar-refractivity contribution is -0.144. The van der Waals surface area contributed by atoms with Crippen molar-refractivity contribution in [3.8, 4) is 0 Å². The molecule has 0 aromatic rings. The van der Waals surface area contributed by atoms with Crippen LogP contribution in [0.3, 0.4) is 0 Å². The number of likely N-dealkylation sites (N-methyl/N-ethyl adjacent to an activating group) is 1. The quantitative estimate of drug-likeness (QED) is 0.767. The number of carboxylic acids is 1. The number of hydrogen-bond donors (Lipinski definition) is 1. The van der Waals surface area contributed by atoms with Crippen molar-refractivity contribution in [2.75, 3.05) is 46.3 Å². The van der Waals surface area contributed by atoms with Crippen molar-refractivity contribution < 1.29 is 19.4 Å². The molecule has 25 heavy (non-hydrogen) atoms. The number of hydrogen-bond acceptors (Lipinski definition) is 5. The van der Waals surface area contributed by atoms with Crippen LogP contribution in [0.5, 0.6) is 0 Å². The Morgan fingerprint density at radius 2 is 1.80 bits per heavy atom. The zero-order valence-electron chi connectivity index (χ0n) is 15.5. The summed E-state index contributed by atoms with van der Waals surface area (Å²) in [6, 6.07) is 0.282. The minimum atomic E-state index is -0.788. The van der Waals surface area contributed by atoms with Gasteiger partial charge in [0.15, 0.2) is 0 Å². The molecule has 3 atom stereocenters. The van der Waals surface area contributed by atoms with Gasteiger partial charge in [-0.25, -0.2) is 0 Å². The molecule has 0 radical (unpaired) electrons. The number of nitrogens with zero attached hydrogens (tertiary/aromatic N) is 3. The number of rotatable bonds is 5. The highest BCUT2D eigenvalue weighted by molar-refractivity contribution is 5.85. The van der Waals surface area contributed by atoms with E-state index in [1.165, 1.54) is 0 Å². The Morgan fingerprint density at radius 1 is 1.16 bits per heavy atom. The summed E-state index contributed by atoms with van der Waals surface area (Å²) in [5.74, 6) is -0.612. The number of amides is 1. The van der Waals surface area contributed by atoms with E-state index in [0.29, 0.717) is 19.6 Å². The summed E-state index contributed by atoms with van der Waals surface area (Å²) in [7, 11) is 1.87. The summed E-state index contributed by atoms with van der Waals surface area (Å²) in [6.45, 7) is 7.62. The Balaban J connectivity index is 0.00000312. The molecule has 146 valence electrons. The fourth-order valence-electron chi connectivity index (χ4n) is 3.75. The fraction of sp³-hybridized carbons (Fsp3) is 0.882. The van der Waals surface area contributed by atoms with Gasteiger partial charge < -0.3 is 14.7 Å². The first-order valence-corrected chi connectivity index (χ1v) is 8.92. The maximum atomic E-state index is 12.6. The van der Waals surface area contributed by atoms with Gasteiger partial charge in [0.2, 0.25) is 5.91 Å². The van der Waals surface area contributed by atoms with E-state index >= 15 is 0 Å². The molecule has 2 saturated heterocycles. The molecule has 8 heteroatoms. The molecule has 2 aliphatic heterocycles. The zero-order chi connectivity index (χ0) is 17.7. The third-order valence-electron chi connectivity index (χ3n) is 4.93. The average molecular weight is 378 g/mol. The summed E-state index contributed by atoms with van der Waals surface area (Å²) in [4.78, 5) is 29.5. The highest BCUT2D eigenvalue weighted by atomic mass is 35.5. The van der Waals surface area contributed by atoms with E-state index in [9.17, 15) is 9.59 Å². The molecule has 0 saturated carbocycles. The van der Waals surface area contributed by atoms with Gasteiger partial charge in [-0.15, -0.1) is 12.4 Å². The van der Waals surface area contributed by atoms with E-state index in [0.717, 1.165) is 32.4 Å². The highest BCUT2D eigenvalue weighted by Crippen LogP contribution is 2.17. The van der Waals surface area contributed by atoms with Crippen LogP contribution in [0.25, 0.3) is 0 Å². The second-order valence-electron chi connectivity index (χ2n) is 7.23. The Labute approximate surface area is 156 Å². The van der Waals surface area contributed by atoms with Gasteiger partial charge >= 0.3 is 5.97 Å². The van der Waals surface area contributed by atoms with Crippen LogP contribution in [0.15, 0.2) is 0 Å². The van der Waals surface area contributed by atoms with E-state index in [1.54, 1.807) is 0 Å². The van der Waals surface area contributed by atoms with Crippen LogP contribution in [0.2, 0.25) is 0 Å². The minimum absolute atomic E-state index is 0. The number of aliphatic carboxylic acids is 1. The van der Waals surface area contributed by atoms with E-state index in [-0.39, 0.29) is 43.1 Å².